The minimum atomic E-state index is 0.00880. The number of carbonyl (C=O) groups excluding carboxylic acids is 1. The van der Waals surface area contributed by atoms with E-state index < -0.39 is 0 Å². The van der Waals surface area contributed by atoms with E-state index in [0.29, 0.717) is 17.3 Å². The first-order valence-electron chi connectivity index (χ1n) is 10.4. The summed E-state index contributed by atoms with van der Waals surface area (Å²) in [7, 11) is 0. The fourth-order valence-electron chi connectivity index (χ4n) is 3.63. The summed E-state index contributed by atoms with van der Waals surface area (Å²) in [4.78, 5) is 21.5. The Balaban J connectivity index is 1.46. The Morgan fingerprint density at radius 2 is 1.78 bits per heavy atom. The van der Waals surface area contributed by atoms with E-state index in [-0.39, 0.29) is 18.6 Å². The highest BCUT2D eigenvalue weighted by atomic mass is 32.2. The van der Waals surface area contributed by atoms with Crippen molar-refractivity contribution >= 4 is 23.4 Å². The molecule has 5 rings (SSSR count). The molecular weight excluding hydrogens is 422 g/mol. The van der Waals surface area contributed by atoms with Crippen molar-refractivity contribution < 1.29 is 14.1 Å². The van der Waals surface area contributed by atoms with E-state index in [1.165, 1.54) is 0 Å². The summed E-state index contributed by atoms with van der Waals surface area (Å²) < 4.78 is 11.1. The molecule has 0 radical (unpaired) electrons. The fourth-order valence-corrected chi connectivity index (χ4v) is 4.73. The van der Waals surface area contributed by atoms with Crippen LogP contribution in [-0.4, -0.2) is 22.1 Å². The van der Waals surface area contributed by atoms with Crippen LogP contribution >= 0.6 is 11.8 Å². The van der Waals surface area contributed by atoms with Crippen LogP contribution in [0.3, 0.4) is 0 Å². The lowest BCUT2D eigenvalue weighted by atomic mass is 10.1. The molecule has 6 nitrogen and oxygen atoms in total. The fraction of sp³-hybridized carbons (Fsp3) is 0.160. The third kappa shape index (κ3) is 3.87. The number of benzene rings is 3. The van der Waals surface area contributed by atoms with E-state index in [1.807, 2.05) is 91.5 Å². The van der Waals surface area contributed by atoms with Crippen molar-refractivity contribution in [3.8, 4) is 17.1 Å². The molecule has 0 unspecified atom stereocenters. The summed E-state index contributed by atoms with van der Waals surface area (Å²) in [6, 6.07) is 23.1. The Hall–Kier alpha value is -3.58. The maximum Gasteiger partial charge on any atom is 0.264 e. The van der Waals surface area contributed by atoms with Crippen LogP contribution in [0.15, 0.2) is 87.1 Å². The Morgan fingerprint density at radius 1 is 1.00 bits per heavy atom. The molecule has 0 saturated carbocycles. The first kappa shape index (κ1) is 20.3. The molecule has 0 bridgehead atoms. The van der Waals surface area contributed by atoms with Crippen LogP contribution in [0.4, 0.5) is 5.69 Å². The highest BCUT2D eigenvalue weighted by Crippen LogP contribution is 2.43. The number of hydrogen-bond acceptors (Lipinski definition) is 6. The normalized spacial score (nSPS) is 13.0. The van der Waals surface area contributed by atoms with Gasteiger partial charge in [-0.2, -0.15) is 4.98 Å². The zero-order valence-corrected chi connectivity index (χ0v) is 18.5. The maximum atomic E-state index is 13.2. The molecule has 0 atom stereocenters. The van der Waals surface area contributed by atoms with E-state index in [0.717, 1.165) is 26.8 Å². The monoisotopic (exact) mass is 443 g/mol. The van der Waals surface area contributed by atoms with Gasteiger partial charge in [-0.25, -0.2) is 0 Å². The molecule has 3 aromatic carbocycles. The van der Waals surface area contributed by atoms with E-state index in [2.05, 4.69) is 10.1 Å². The summed E-state index contributed by atoms with van der Waals surface area (Å²) >= 11 is 1.58. The van der Waals surface area contributed by atoms with Crippen LogP contribution in [0.2, 0.25) is 0 Å². The molecule has 1 aliphatic heterocycles. The number of nitrogens with zero attached hydrogens (tertiary/aromatic N) is 3. The molecule has 32 heavy (non-hydrogen) atoms. The highest BCUT2D eigenvalue weighted by molar-refractivity contribution is 7.99. The number of para-hydroxylation sites is 1. The van der Waals surface area contributed by atoms with Crippen molar-refractivity contribution in [2.45, 2.75) is 36.3 Å². The predicted octanol–water partition coefficient (Wildman–Crippen LogP) is 5.84. The number of fused-ring (bicyclic) bond motifs is 2. The van der Waals surface area contributed by atoms with E-state index in [4.69, 9.17) is 9.26 Å². The number of hydrogen-bond donors (Lipinski definition) is 0. The summed E-state index contributed by atoms with van der Waals surface area (Å²) in [5.41, 5.74) is 2.41. The maximum absolute atomic E-state index is 13.2. The lowest BCUT2D eigenvalue weighted by molar-refractivity contribution is 0.0977. The largest absolute Gasteiger partial charge is 0.484 e. The van der Waals surface area contributed by atoms with Crippen LogP contribution in [0.1, 0.15) is 30.1 Å². The van der Waals surface area contributed by atoms with Gasteiger partial charge < -0.3 is 14.2 Å². The molecule has 0 aliphatic carbocycles. The minimum absolute atomic E-state index is 0.00880. The van der Waals surface area contributed by atoms with Crippen LogP contribution in [0.5, 0.6) is 5.75 Å². The first-order chi connectivity index (χ1) is 15.6. The second-order valence-corrected chi connectivity index (χ2v) is 8.75. The van der Waals surface area contributed by atoms with Gasteiger partial charge in [-0.05, 0) is 56.3 Å². The van der Waals surface area contributed by atoms with Gasteiger partial charge >= 0.3 is 0 Å². The third-order valence-corrected chi connectivity index (χ3v) is 6.25. The van der Waals surface area contributed by atoms with Crippen molar-refractivity contribution in [1.82, 2.24) is 10.1 Å². The Labute approximate surface area is 190 Å². The number of aromatic nitrogens is 2. The van der Waals surface area contributed by atoms with Gasteiger partial charge in [0.2, 0.25) is 5.82 Å². The lowest BCUT2D eigenvalue weighted by Gasteiger charge is -2.27. The minimum Gasteiger partial charge on any atom is -0.484 e. The second-order valence-electron chi connectivity index (χ2n) is 7.66. The molecule has 0 spiro atoms. The average Bonchev–Trinajstić information content (AvgIpc) is 3.24. The topological polar surface area (TPSA) is 68.5 Å². The molecule has 4 aromatic rings. The molecule has 0 N–H and O–H groups in total. The molecule has 1 aromatic heterocycles. The Bertz CT molecular complexity index is 1270. The Kier molecular flexibility index (Phi) is 5.41. The SMILES string of the molecule is CC(C)N1C(=O)c2ccccc2Sc2cc(-c3noc(COc4ccccc4)n3)ccc21. The quantitative estimate of drug-likeness (QED) is 0.386. The molecule has 1 aliphatic rings. The molecule has 0 fully saturated rings. The average molecular weight is 444 g/mol. The second kappa shape index (κ2) is 8.51. The van der Waals surface area contributed by atoms with E-state index in [9.17, 15) is 4.79 Å². The van der Waals surface area contributed by atoms with Crippen LogP contribution in [-0.2, 0) is 6.61 Å². The summed E-state index contributed by atoms with van der Waals surface area (Å²) in [6.07, 6.45) is 0. The predicted molar refractivity (Wildman–Crippen MR) is 123 cm³/mol. The van der Waals surface area contributed by atoms with E-state index in [1.54, 1.807) is 11.8 Å². The number of amides is 1. The van der Waals surface area contributed by atoms with Gasteiger partial charge in [0.1, 0.15) is 5.75 Å². The van der Waals surface area contributed by atoms with Crippen LogP contribution in [0, 0.1) is 0 Å². The van der Waals surface area contributed by atoms with Crippen molar-refractivity contribution in [2.24, 2.45) is 0 Å². The zero-order valence-electron chi connectivity index (χ0n) is 17.7. The van der Waals surface area contributed by atoms with Crippen molar-refractivity contribution in [1.29, 1.82) is 0 Å². The van der Waals surface area contributed by atoms with Crippen molar-refractivity contribution in [3.05, 3.63) is 84.3 Å². The van der Waals surface area contributed by atoms with Crippen molar-refractivity contribution in [3.63, 3.8) is 0 Å². The van der Waals surface area contributed by atoms with Gasteiger partial charge in [-0.15, -0.1) is 0 Å². The van der Waals surface area contributed by atoms with Crippen LogP contribution in [0.25, 0.3) is 11.4 Å². The van der Waals surface area contributed by atoms with Gasteiger partial charge in [0.05, 0.1) is 11.3 Å². The molecule has 160 valence electrons. The molecular formula is C25H21N3O3S. The number of anilines is 1. The smallest absolute Gasteiger partial charge is 0.264 e. The van der Waals surface area contributed by atoms with Gasteiger partial charge in [0, 0.05) is 21.4 Å². The number of rotatable bonds is 5. The summed E-state index contributed by atoms with van der Waals surface area (Å²) in [5.74, 6) is 1.64. The summed E-state index contributed by atoms with van der Waals surface area (Å²) in [5, 5.41) is 4.13. The molecule has 0 saturated heterocycles. The van der Waals surface area contributed by atoms with Gasteiger partial charge in [0.15, 0.2) is 6.61 Å². The molecule has 2 heterocycles. The van der Waals surface area contributed by atoms with Gasteiger partial charge in [-0.1, -0.05) is 47.3 Å². The number of carbonyl (C=O) groups is 1. The van der Waals surface area contributed by atoms with Gasteiger partial charge in [0.25, 0.3) is 11.8 Å². The highest BCUT2D eigenvalue weighted by Gasteiger charge is 2.29. The standard InChI is InChI=1S/C25H21N3O3S/c1-16(2)28-20-13-12-17(14-22(20)32-21-11-7-6-10-19(21)25(28)29)24-26-23(31-27-24)15-30-18-8-4-3-5-9-18/h3-14,16H,15H2,1-2H3. The lowest BCUT2D eigenvalue weighted by Crippen LogP contribution is -2.36. The first-order valence-corrected chi connectivity index (χ1v) is 11.2. The van der Waals surface area contributed by atoms with E-state index >= 15 is 0 Å². The number of ether oxygens (including phenoxy) is 1. The van der Waals surface area contributed by atoms with Crippen molar-refractivity contribution in [2.75, 3.05) is 4.90 Å². The third-order valence-electron chi connectivity index (χ3n) is 5.12. The van der Waals surface area contributed by atoms with Gasteiger partial charge in [-0.3, -0.25) is 4.79 Å². The van der Waals surface area contributed by atoms with Crippen LogP contribution < -0.4 is 9.64 Å². The zero-order chi connectivity index (χ0) is 22.1. The molecule has 1 amide bonds. The summed E-state index contributed by atoms with van der Waals surface area (Å²) in [6.45, 7) is 4.23. The Morgan fingerprint density at radius 3 is 2.59 bits per heavy atom. The molecule has 7 heteroatoms.